The topological polar surface area (TPSA) is 43.1 Å². The molecule has 0 N–H and O–H groups in total. The fraction of sp³-hybridized carbons (Fsp3) is 0.167. The average molecular weight is 233 g/mol. The lowest BCUT2D eigenvalue weighted by atomic mass is 10.2. The number of aldehydes is 1. The van der Waals surface area contributed by atoms with E-state index in [-0.39, 0.29) is 0 Å². The zero-order valence-electron chi connectivity index (χ0n) is 9.06. The van der Waals surface area contributed by atoms with Gasteiger partial charge in [0.25, 0.3) is 5.22 Å². The molecule has 0 aliphatic carbocycles. The van der Waals surface area contributed by atoms with Crippen LogP contribution in [0.2, 0.25) is 0 Å². The number of oxazole rings is 1. The van der Waals surface area contributed by atoms with Crippen molar-refractivity contribution >= 4 is 18.0 Å². The Bertz CT molecular complexity index is 519. The highest BCUT2D eigenvalue weighted by Crippen LogP contribution is 2.29. The smallest absolute Gasteiger partial charge is 0.260 e. The number of hydrogen-bond acceptors (Lipinski definition) is 4. The van der Waals surface area contributed by atoms with Gasteiger partial charge in [0.2, 0.25) is 0 Å². The van der Waals surface area contributed by atoms with Crippen molar-refractivity contribution in [1.82, 2.24) is 4.98 Å². The quantitative estimate of drug-likeness (QED) is 0.763. The number of hydrogen-bond donors (Lipinski definition) is 0. The second kappa shape index (κ2) is 4.53. The highest BCUT2D eigenvalue weighted by Gasteiger charge is 2.08. The molecule has 4 heteroatoms. The van der Waals surface area contributed by atoms with Gasteiger partial charge in [0, 0.05) is 10.5 Å². The van der Waals surface area contributed by atoms with Crippen LogP contribution in [0.15, 0.2) is 39.0 Å². The van der Waals surface area contributed by atoms with Gasteiger partial charge in [0.1, 0.15) is 6.26 Å². The lowest BCUT2D eigenvalue weighted by Crippen LogP contribution is -1.86. The van der Waals surface area contributed by atoms with Gasteiger partial charge in [-0.3, -0.25) is 4.79 Å². The van der Waals surface area contributed by atoms with E-state index in [2.05, 4.69) is 4.98 Å². The van der Waals surface area contributed by atoms with E-state index < -0.39 is 0 Å². The molecule has 2 rings (SSSR count). The molecule has 0 aliphatic rings. The fourth-order valence-corrected chi connectivity index (χ4v) is 2.16. The molecule has 0 saturated carbocycles. The van der Waals surface area contributed by atoms with Gasteiger partial charge in [0.15, 0.2) is 6.29 Å². The van der Waals surface area contributed by atoms with Crippen LogP contribution >= 0.6 is 11.8 Å². The molecule has 2 aromatic rings. The number of aromatic nitrogens is 1. The van der Waals surface area contributed by atoms with Crippen LogP contribution in [0.5, 0.6) is 0 Å². The van der Waals surface area contributed by atoms with Crippen LogP contribution in [-0.4, -0.2) is 11.3 Å². The van der Waals surface area contributed by atoms with Gasteiger partial charge in [-0.15, -0.1) is 0 Å². The molecular weight excluding hydrogens is 222 g/mol. The van der Waals surface area contributed by atoms with Crippen LogP contribution in [-0.2, 0) is 0 Å². The van der Waals surface area contributed by atoms with Crippen molar-refractivity contribution in [2.75, 3.05) is 0 Å². The Labute approximate surface area is 97.9 Å². The molecule has 0 aliphatic heterocycles. The number of rotatable bonds is 3. The summed E-state index contributed by atoms with van der Waals surface area (Å²) in [7, 11) is 0. The molecule has 0 bridgehead atoms. The van der Waals surface area contributed by atoms with E-state index in [0.717, 1.165) is 22.4 Å². The minimum absolute atomic E-state index is 0.560. The summed E-state index contributed by atoms with van der Waals surface area (Å²) in [6, 6.07) is 5.72. The van der Waals surface area contributed by atoms with Crippen molar-refractivity contribution in [3.63, 3.8) is 0 Å². The summed E-state index contributed by atoms with van der Waals surface area (Å²) < 4.78 is 5.23. The van der Waals surface area contributed by atoms with Crippen molar-refractivity contribution in [3.8, 4) is 0 Å². The summed E-state index contributed by atoms with van der Waals surface area (Å²) >= 11 is 1.36. The predicted octanol–water partition coefficient (Wildman–Crippen LogP) is 3.26. The highest BCUT2D eigenvalue weighted by atomic mass is 32.2. The zero-order valence-corrected chi connectivity index (χ0v) is 9.88. The number of benzene rings is 1. The van der Waals surface area contributed by atoms with E-state index in [1.54, 1.807) is 6.26 Å². The number of carbonyl (C=O) groups is 1. The van der Waals surface area contributed by atoms with E-state index in [1.165, 1.54) is 11.8 Å². The first-order chi connectivity index (χ1) is 7.69. The summed E-state index contributed by atoms with van der Waals surface area (Å²) in [5.41, 5.74) is 2.57. The molecule has 1 aromatic carbocycles. The van der Waals surface area contributed by atoms with Gasteiger partial charge in [-0.05, 0) is 37.7 Å². The predicted molar refractivity (Wildman–Crippen MR) is 61.9 cm³/mol. The van der Waals surface area contributed by atoms with Crippen molar-refractivity contribution in [2.45, 2.75) is 24.0 Å². The van der Waals surface area contributed by atoms with Crippen LogP contribution in [0.1, 0.15) is 21.6 Å². The van der Waals surface area contributed by atoms with Crippen LogP contribution in [0.3, 0.4) is 0 Å². The monoisotopic (exact) mass is 233 g/mol. The molecule has 1 heterocycles. The second-order valence-electron chi connectivity index (χ2n) is 3.52. The van der Waals surface area contributed by atoms with Crippen molar-refractivity contribution < 1.29 is 9.21 Å². The highest BCUT2D eigenvalue weighted by molar-refractivity contribution is 7.99. The van der Waals surface area contributed by atoms with E-state index in [4.69, 9.17) is 4.42 Å². The number of nitrogens with zero attached hydrogens (tertiary/aromatic N) is 1. The molecule has 3 nitrogen and oxygen atoms in total. The molecule has 0 unspecified atom stereocenters. The Balaban J connectivity index is 2.30. The normalized spacial score (nSPS) is 10.4. The summed E-state index contributed by atoms with van der Waals surface area (Å²) in [6.45, 7) is 3.82. The summed E-state index contributed by atoms with van der Waals surface area (Å²) in [5.74, 6) is 0. The maximum absolute atomic E-state index is 10.9. The van der Waals surface area contributed by atoms with Gasteiger partial charge in [0.05, 0.1) is 5.69 Å². The Morgan fingerprint density at radius 1 is 1.38 bits per heavy atom. The lowest BCUT2D eigenvalue weighted by Gasteiger charge is -2.02. The Hall–Kier alpha value is -1.55. The van der Waals surface area contributed by atoms with E-state index in [0.29, 0.717) is 10.8 Å². The molecule has 0 radical (unpaired) electrons. The molecule has 0 spiro atoms. The zero-order chi connectivity index (χ0) is 11.5. The van der Waals surface area contributed by atoms with E-state index >= 15 is 0 Å². The number of carbonyl (C=O) groups excluding carboxylic acids is 1. The van der Waals surface area contributed by atoms with Gasteiger partial charge in [-0.25, -0.2) is 4.98 Å². The standard InChI is InChI=1S/C12H11NO2S/c1-8-3-4-11(10(5-8)6-14)16-12-13-9(2)7-15-12/h3-7H,1-2H3. The van der Waals surface area contributed by atoms with Crippen LogP contribution in [0.25, 0.3) is 0 Å². The van der Waals surface area contributed by atoms with Gasteiger partial charge in [-0.2, -0.15) is 0 Å². The van der Waals surface area contributed by atoms with Gasteiger partial charge >= 0.3 is 0 Å². The van der Waals surface area contributed by atoms with E-state index in [9.17, 15) is 4.79 Å². The minimum atomic E-state index is 0.560. The molecule has 82 valence electrons. The van der Waals surface area contributed by atoms with Gasteiger partial charge < -0.3 is 4.42 Å². The summed E-state index contributed by atoms with van der Waals surface area (Å²) in [5, 5.41) is 0.560. The molecule has 0 atom stereocenters. The largest absolute Gasteiger partial charge is 0.439 e. The molecule has 16 heavy (non-hydrogen) atoms. The maximum atomic E-state index is 10.9. The van der Waals surface area contributed by atoms with Crippen molar-refractivity contribution in [2.24, 2.45) is 0 Å². The van der Waals surface area contributed by atoms with Crippen molar-refractivity contribution in [3.05, 3.63) is 41.3 Å². The summed E-state index contributed by atoms with van der Waals surface area (Å²) in [4.78, 5) is 16.0. The van der Waals surface area contributed by atoms with Crippen LogP contribution in [0, 0.1) is 13.8 Å². The third-order valence-corrected chi connectivity index (χ3v) is 3.04. The average Bonchev–Trinajstić information content (AvgIpc) is 2.67. The third-order valence-electron chi connectivity index (χ3n) is 2.09. The third kappa shape index (κ3) is 2.33. The first-order valence-electron chi connectivity index (χ1n) is 4.85. The van der Waals surface area contributed by atoms with Gasteiger partial charge in [-0.1, -0.05) is 11.6 Å². The Morgan fingerprint density at radius 3 is 2.81 bits per heavy atom. The molecule has 1 aromatic heterocycles. The molecular formula is C12H11NO2S. The summed E-state index contributed by atoms with van der Waals surface area (Å²) in [6.07, 6.45) is 2.45. The molecule has 0 saturated heterocycles. The number of aryl methyl sites for hydroxylation is 2. The molecule has 0 fully saturated rings. The van der Waals surface area contributed by atoms with E-state index in [1.807, 2.05) is 32.0 Å². The Morgan fingerprint density at radius 2 is 2.19 bits per heavy atom. The fourth-order valence-electron chi connectivity index (χ4n) is 1.33. The first kappa shape index (κ1) is 11.0. The first-order valence-corrected chi connectivity index (χ1v) is 5.66. The van der Waals surface area contributed by atoms with Crippen LogP contribution in [0.4, 0.5) is 0 Å². The SMILES string of the molecule is Cc1ccc(Sc2nc(C)co2)c(C=O)c1. The van der Waals surface area contributed by atoms with Crippen LogP contribution < -0.4 is 0 Å². The molecule has 0 amide bonds. The maximum Gasteiger partial charge on any atom is 0.260 e. The minimum Gasteiger partial charge on any atom is -0.439 e. The second-order valence-corrected chi connectivity index (χ2v) is 4.51. The lowest BCUT2D eigenvalue weighted by molar-refractivity contribution is 0.112. The Kier molecular flexibility index (Phi) is 3.10. The van der Waals surface area contributed by atoms with Crippen molar-refractivity contribution in [1.29, 1.82) is 0 Å².